The number of para-hydroxylation sites is 1. The van der Waals surface area contributed by atoms with Crippen molar-refractivity contribution in [2.24, 2.45) is 0 Å². The van der Waals surface area contributed by atoms with Gasteiger partial charge < -0.3 is 10.4 Å². The number of alkyl halides is 2. The van der Waals surface area contributed by atoms with Gasteiger partial charge >= 0.3 is 0 Å². The van der Waals surface area contributed by atoms with Gasteiger partial charge in [0.25, 0.3) is 6.43 Å². The van der Waals surface area contributed by atoms with E-state index in [1.165, 1.54) is 30.3 Å². The van der Waals surface area contributed by atoms with Crippen molar-refractivity contribution in [3.8, 4) is 0 Å². The fraction of sp³-hybridized carbons (Fsp3) is 0.200. The molecule has 0 spiro atoms. The molecular formula is C15H14F3NO. The standard InChI is InChI=1S/C15H14F3NO/c16-12-6-1-2-7-13(12)19-14(9-20)10-4-3-5-11(8-10)15(17)18/h1-8,14-15,19-20H,9H2. The molecular weight excluding hydrogens is 267 g/mol. The summed E-state index contributed by atoms with van der Waals surface area (Å²) < 4.78 is 38.9. The van der Waals surface area contributed by atoms with Crippen LogP contribution in [0, 0.1) is 5.82 Å². The van der Waals surface area contributed by atoms with Crippen LogP contribution in [-0.2, 0) is 0 Å². The molecule has 2 aromatic carbocycles. The molecule has 0 saturated heterocycles. The topological polar surface area (TPSA) is 32.3 Å². The highest BCUT2D eigenvalue weighted by Crippen LogP contribution is 2.25. The molecule has 0 radical (unpaired) electrons. The number of anilines is 1. The van der Waals surface area contributed by atoms with Crippen molar-refractivity contribution in [3.63, 3.8) is 0 Å². The van der Waals surface area contributed by atoms with E-state index in [-0.39, 0.29) is 17.9 Å². The Morgan fingerprint density at radius 3 is 2.35 bits per heavy atom. The van der Waals surface area contributed by atoms with E-state index in [0.717, 1.165) is 0 Å². The van der Waals surface area contributed by atoms with Crippen LogP contribution in [0.3, 0.4) is 0 Å². The van der Waals surface area contributed by atoms with Gasteiger partial charge in [0, 0.05) is 5.56 Å². The number of hydrogen-bond donors (Lipinski definition) is 2. The summed E-state index contributed by atoms with van der Waals surface area (Å²) in [5, 5.41) is 12.2. The number of halogens is 3. The Labute approximate surface area is 114 Å². The van der Waals surface area contributed by atoms with Crippen LogP contribution in [0.25, 0.3) is 0 Å². The first-order chi connectivity index (χ1) is 9.61. The lowest BCUT2D eigenvalue weighted by atomic mass is 10.0. The third-order valence-corrected chi connectivity index (χ3v) is 2.95. The monoisotopic (exact) mass is 281 g/mol. The minimum atomic E-state index is -2.58. The van der Waals surface area contributed by atoms with E-state index in [2.05, 4.69) is 5.32 Å². The summed E-state index contributed by atoms with van der Waals surface area (Å²) in [6.07, 6.45) is -2.58. The molecule has 20 heavy (non-hydrogen) atoms. The highest BCUT2D eigenvalue weighted by molar-refractivity contribution is 5.47. The third-order valence-electron chi connectivity index (χ3n) is 2.95. The fourth-order valence-corrected chi connectivity index (χ4v) is 1.91. The molecule has 1 unspecified atom stereocenters. The maximum atomic E-state index is 13.5. The van der Waals surface area contributed by atoms with Crippen molar-refractivity contribution < 1.29 is 18.3 Å². The highest BCUT2D eigenvalue weighted by Gasteiger charge is 2.15. The zero-order chi connectivity index (χ0) is 14.5. The van der Waals surface area contributed by atoms with Crippen molar-refractivity contribution in [1.82, 2.24) is 0 Å². The summed E-state index contributed by atoms with van der Waals surface area (Å²) in [4.78, 5) is 0. The van der Waals surface area contributed by atoms with E-state index in [0.29, 0.717) is 5.56 Å². The zero-order valence-corrected chi connectivity index (χ0v) is 10.6. The lowest BCUT2D eigenvalue weighted by Gasteiger charge is -2.19. The predicted molar refractivity (Wildman–Crippen MR) is 71.2 cm³/mol. The Bertz CT molecular complexity index is 575. The quantitative estimate of drug-likeness (QED) is 0.871. The number of benzene rings is 2. The second kappa shape index (κ2) is 6.43. The maximum Gasteiger partial charge on any atom is 0.263 e. The molecule has 2 N–H and O–H groups in total. The molecule has 0 bridgehead atoms. The number of nitrogens with one attached hydrogen (secondary N) is 1. The van der Waals surface area contributed by atoms with E-state index >= 15 is 0 Å². The Balaban J connectivity index is 2.24. The Hall–Kier alpha value is -2.01. The van der Waals surface area contributed by atoms with Crippen LogP contribution >= 0.6 is 0 Å². The molecule has 0 aliphatic rings. The lowest BCUT2D eigenvalue weighted by molar-refractivity contribution is 0.151. The predicted octanol–water partition coefficient (Wildman–Crippen LogP) is 3.91. The van der Waals surface area contributed by atoms with Crippen LogP contribution in [0.4, 0.5) is 18.9 Å². The summed E-state index contributed by atoms with van der Waals surface area (Å²) in [5.74, 6) is -0.462. The normalized spacial score (nSPS) is 12.4. The summed E-state index contributed by atoms with van der Waals surface area (Å²) in [5.41, 5.74) is 0.568. The minimum absolute atomic E-state index is 0.128. The Morgan fingerprint density at radius 2 is 1.70 bits per heavy atom. The Kier molecular flexibility index (Phi) is 4.63. The molecule has 0 aliphatic carbocycles. The molecule has 0 amide bonds. The zero-order valence-electron chi connectivity index (χ0n) is 10.6. The number of hydrogen-bond acceptors (Lipinski definition) is 2. The second-order valence-electron chi connectivity index (χ2n) is 4.33. The summed E-state index contributed by atoms with van der Waals surface area (Å²) in [6, 6.07) is 11.1. The van der Waals surface area contributed by atoms with Crippen LogP contribution in [0.1, 0.15) is 23.6 Å². The summed E-state index contributed by atoms with van der Waals surface area (Å²) >= 11 is 0. The van der Waals surface area contributed by atoms with Gasteiger partial charge in [-0.05, 0) is 23.8 Å². The molecule has 0 saturated carbocycles. The highest BCUT2D eigenvalue weighted by atomic mass is 19.3. The molecule has 0 aromatic heterocycles. The largest absolute Gasteiger partial charge is 0.394 e. The first kappa shape index (κ1) is 14.4. The Morgan fingerprint density at radius 1 is 1.00 bits per heavy atom. The molecule has 0 aliphatic heterocycles. The van der Waals surface area contributed by atoms with Gasteiger partial charge in [0.05, 0.1) is 18.3 Å². The lowest BCUT2D eigenvalue weighted by Crippen LogP contribution is -2.15. The molecule has 0 fully saturated rings. The average molecular weight is 281 g/mol. The van der Waals surface area contributed by atoms with Crippen molar-refractivity contribution in [3.05, 3.63) is 65.5 Å². The first-order valence-corrected chi connectivity index (χ1v) is 6.11. The molecule has 2 nitrogen and oxygen atoms in total. The molecule has 1 atom stereocenters. The van der Waals surface area contributed by atoms with Gasteiger partial charge in [-0.25, -0.2) is 13.2 Å². The maximum absolute atomic E-state index is 13.5. The minimum Gasteiger partial charge on any atom is -0.394 e. The summed E-state index contributed by atoms with van der Waals surface area (Å²) in [7, 11) is 0. The van der Waals surface area contributed by atoms with E-state index < -0.39 is 18.3 Å². The van der Waals surface area contributed by atoms with Crippen LogP contribution < -0.4 is 5.32 Å². The number of aliphatic hydroxyl groups excluding tert-OH is 1. The molecule has 2 rings (SSSR count). The van der Waals surface area contributed by atoms with Crippen LogP contribution in [-0.4, -0.2) is 11.7 Å². The SMILES string of the molecule is OCC(Nc1ccccc1F)c1cccc(C(F)F)c1. The van der Waals surface area contributed by atoms with Gasteiger partial charge in [-0.1, -0.05) is 30.3 Å². The number of aliphatic hydroxyl groups is 1. The first-order valence-electron chi connectivity index (χ1n) is 6.11. The van der Waals surface area contributed by atoms with Crippen molar-refractivity contribution >= 4 is 5.69 Å². The van der Waals surface area contributed by atoms with Gasteiger partial charge in [-0.15, -0.1) is 0 Å². The van der Waals surface area contributed by atoms with Gasteiger partial charge in [-0.2, -0.15) is 0 Å². The van der Waals surface area contributed by atoms with E-state index in [1.807, 2.05) is 0 Å². The van der Waals surface area contributed by atoms with Crippen molar-refractivity contribution in [1.29, 1.82) is 0 Å². The van der Waals surface area contributed by atoms with Crippen LogP contribution in [0.15, 0.2) is 48.5 Å². The van der Waals surface area contributed by atoms with Gasteiger partial charge in [0.1, 0.15) is 5.82 Å². The second-order valence-corrected chi connectivity index (χ2v) is 4.33. The van der Waals surface area contributed by atoms with Crippen LogP contribution in [0.2, 0.25) is 0 Å². The van der Waals surface area contributed by atoms with Crippen molar-refractivity contribution in [2.75, 3.05) is 11.9 Å². The third kappa shape index (κ3) is 3.30. The fourth-order valence-electron chi connectivity index (χ4n) is 1.91. The molecule has 2 aromatic rings. The molecule has 5 heteroatoms. The van der Waals surface area contributed by atoms with Gasteiger partial charge in [0.2, 0.25) is 0 Å². The average Bonchev–Trinajstić information content (AvgIpc) is 2.46. The van der Waals surface area contributed by atoms with E-state index in [1.54, 1.807) is 18.2 Å². The molecule has 0 heterocycles. The summed E-state index contributed by atoms with van der Waals surface area (Å²) in [6.45, 7) is -0.332. The van der Waals surface area contributed by atoms with Gasteiger partial charge in [0.15, 0.2) is 0 Å². The van der Waals surface area contributed by atoms with Crippen molar-refractivity contribution in [2.45, 2.75) is 12.5 Å². The van der Waals surface area contributed by atoms with Gasteiger partial charge in [-0.3, -0.25) is 0 Å². The molecule has 106 valence electrons. The van der Waals surface area contributed by atoms with E-state index in [9.17, 15) is 18.3 Å². The number of rotatable bonds is 5. The van der Waals surface area contributed by atoms with E-state index in [4.69, 9.17) is 0 Å². The smallest absolute Gasteiger partial charge is 0.263 e. The van der Waals surface area contributed by atoms with Crippen LogP contribution in [0.5, 0.6) is 0 Å².